The van der Waals surface area contributed by atoms with Crippen molar-refractivity contribution in [2.45, 2.75) is 53.0 Å². The highest BCUT2D eigenvalue weighted by molar-refractivity contribution is 5.82. The smallest absolute Gasteiger partial charge is 0.138 e. The number of rotatable bonds is 2. The van der Waals surface area contributed by atoms with Crippen LogP contribution >= 0.6 is 0 Å². The van der Waals surface area contributed by atoms with E-state index in [9.17, 15) is 0 Å². The minimum atomic E-state index is 0.0888. The second-order valence-electron chi connectivity index (χ2n) is 7.71. The third-order valence-corrected chi connectivity index (χ3v) is 3.81. The van der Waals surface area contributed by atoms with Gasteiger partial charge in [0.05, 0.1) is 6.04 Å². The molecule has 0 amide bonds. The van der Waals surface area contributed by atoms with Crippen LogP contribution in [0, 0.1) is 5.41 Å². The van der Waals surface area contributed by atoms with Gasteiger partial charge in [-0.05, 0) is 23.9 Å². The van der Waals surface area contributed by atoms with E-state index < -0.39 is 0 Å². The van der Waals surface area contributed by atoms with Crippen LogP contribution in [0.5, 0.6) is 0 Å². The third-order valence-electron chi connectivity index (χ3n) is 3.81. The van der Waals surface area contributed by atoms with Gasteiger partial charge in [0.25, 0.3) is 0 Å². The van der Waals surface area contributed by atoms with Crippen LogP contribution in [0.15, 0.2) is 28.7 Å². The molecule has 0 saturated heterocycles. The Hall–Kier alpha value is -1.28. The molecule has 1 heterocycles. The zero-order valence-electron chi connectivity index (χ0n) is 13.8. The molecule has 1 aromatic carbocycles. The zero-order chi connectivity index (χ0) is 15.1. The summed E-state index contributed by atoms with van der Waals surface area (Å²) in [6.45, 7) is 13.4. The number of benzene rings is 1. The van der Waals surface area contributed by atoms with Crippen LogP contribution < -0.4 is 5.32 Å². The van der Waals surface area contributed by atoms with Crippen molar-refractivity contribution in [3.8, 4) is 0 Å². The van der Waals surface area contributed by atoms with Gasteiger partial charge in [0.15, 0.2) is 0 Å². The van der Waals surface area contributed by atoms with Crippen LogP contribution in [-0.2, 0) is 5.41 Å². The van der Waals surface area contributed by atoms with E-state index in [4.69, 9.17) is 4.42 Å². The number of hydrogen-bond donors (Lipinski definition) is 1. The summed E-state index contributed by atoms with van der Waals surface area (Å²) < 4.78 is 6.24. The van der Waals surface area contributed by atoms with Gasteiger partial charge in [-0.1, -0.05) is 59.7 Å². The molecule has 0 saturated carbocycles. The summed E-state index contributed by atoms with van der Waals surface area (Å²) in [7, 11) is 1.99. The monoisotopic (exact) mass is 273 g/mol. The lowest BCUT2D eigenvalue weighted by Crippen LogP contribution is -2.29. The number of hydrogen-bond acceptors (Lipinski definition) is 2. The summed E-state index contributed by atoms with van der Waals surface area (Å²) in [5.41, 5.74) is 2.50. The largest absolute Gasteiger partial charge is 0.459 e. The summed E-state index contributed by atoms with van der Waals surface area (Å²) in [5, 5.41) is 4.58. The van der Waals surface area contributed by atoms with Crippen molar-refractivity contribution in [1.29, 1.82) is 0 Å². The Morgan fingerprint density at radius 3 is 2.20 bits per heavy atom. The van der Waals surface area contributed by atoms with Gasteiger partial charge in [-0.15, -0.1) is 0 Å². The lowest BCUT2D eigenvalue weighted by molar-refractivity contribution is 0.253. The number of furan rings is 1. The van der Waals surface area contributed by atoms with Crippen molar-refractivity contribution in [3.63, 3.8) is 0 Å². The predicted molar refractivity (Wildman–Crippen MR) is 86.2 cm³/mol. The maximum atomic E-state index is 6.24. The Balaban J connectivity index is 2.60. The minimum absolute atomic E-state index is 0.0888. The van der Waals surface area contributed by atoms with Crippen molar-refractivity contribution >= 4 is 11.0 Å². The highest BCUT2D eigenvalue weighted by Crippen LogP contribution is 2.38. The average Bonchev–Trinajstić information content (AvgIpc) is 2.68. The fraction of sp³-hybridized carbons (Fsp3) is 0.556. The van der Waals surface area contributed by atoms with E-state index in [-0.39, 0.29) is 16.9 Å². The molecular formula is C18H27NO. The Morgan fingerprint density at radius 2 is 1.70 bits per heavy atom. The topological polar surface area (TPSA) is 25.2 Å². The molecule has 0 fully saturated rings. The van der Waals surface area contributed by atoms with Crippen LogP contribution in [0.1, 0.15) is 58.9 Å². The first-order valence-electron chi connectivity index (χ1n) is 7.35. The van der Waals surface area contributed by atoms with Crippen LogP contribution in [0.25, 0.3) is 11.0 Å². The summed E-state index contributed by atoms with van der Waals surface area (Å²) in [6.07, 6.45) is 0. The predicted octanol–water partition coefficient (Wildman–Crippen LogP) is 5.04. The van der Waals surface area contributed by atoms with Gasteiger partial charge in [0.2, 0.25) is 0 Å². The fourth-order valence-electron chi connectivity index (χ4n) is 2.82. The third kappa shape index (κ3) is 2.76. The molecule has 0 radical (unpaired) electrons. The molecular weight excluding hydrogens is 246 g/mol. The highest BCUT2D eigenvalue weighted by Gasteiger charge is 2.29. The fourth-order valence-corrected chi connectivity index (χ4v) is 2.82. The SMILES string of the molecule is CNC(c1cc2cccc(C(C)(C)C)c2o1)C(C)(C)C. The zero-order valence-corrected chi connectivity index (χ0v) is 13.8. The van der Waals surface area contributed by atoms with E-state index in [2.05, 4.69) is 71.1 Å². The lowest BCUT2D eigenvalue weighted by Gasteiger charge is -2.28. The van der Waals surface area contributed by atoms with Crippen LogP contribution in [0.3, 0.4) is 0 Å². The van der Waals surface area contributed by atoms with Crippen molar-refractivity contribution < 1.29 is 4.42 Å². The molecule has 0 aliphatic rings. The van der Waals surface area contributed by atoms with Crippen molar-refractivity contribution in [1.82, 2.24) is 5.32 Å². The molecule has 2 nitrogen and oxygen atoms in total. The summed E-state index contributed by atoms with van der Waals surface area (Å²) >= 11 is 0. The van der Waals surface area contributed by atoms with Crippen molar-refractivity contribution in [2.24, 2.45) is 5.41 Å². The molecule has 1 unspecified atom stereocenters. The quantitative estimate of drug-likeness (QED) is 0.829. The minimum Gasteiger partial charge on any atom is -0.459 e. The highest BCUT2D eigenvalue weighted by atomic mass is 16.3. The van der Waals surface area contributed by atoms with Crippen LogP contribution in [0.2, 0.25) is 0 Å². The Kier molecular flexibility index (Phi) is 3.72. The summed E-state index contributed by atoms with van der Waals surface area (Å²) in [4.78, 5) is 0. The van der Waals surface area contributed by atoms with E-state index in [1.54, 1.807) is 0 Å². The van der Waals surface area contributed by atoms with E-state index in [1.165, 1.54) is 10.9 Å². The summed E-state index contributed by atoms with van der Waals surface area (Å²) in [6, 6.07) is 8.81. The first-order chi connectivity index (χ1) is 9.14. The van der Waals surface area contributed by atoms with E-state index >= 15 is 0 Å². The molecule has 110 valence electrons. The molecule has 0 bridgehead atoms. The maximum Gasteiger partial charge on any atom is 0.138 e. The number of para-hydroxylation sites is 1. The van der Waals surface area contributed by atoms with E-state index in [1.807, 2.05) is 7.05 Å². The van der Waals surface area contributed by atoms with Crippen LogP contribution in [0.4, 0.5) is 0 Å². The van der Waals surface area contributed by atoms with Crippen molar-refractivity contribution in [3.05, 3.63) is 35.6 Å². The molecule has 0 aliphatic carbocycles. The van der Waals surface area contributed by atoms with Gasteiger partial charge in [-0.3, -0.25) is 0 Å². The van der Waals surface area contributed by atoms with E-state index in [0.29, 0.717) is 0 Å². The maximum absolute atomic E-state index is 6.24. The molecule has 2 aromatic rings. The van der Waals surface area contributed by atoms with Crippen LogP contribution in [-0.4, -0.2) is 7.05 Å². The van der Waals surface area contributed by atoms with Gasteiger partial charge in [-0.2, -0.15) is 0 Å². The Labute approximate surface area is 122 Å². The molecule has 20 heavy (non-hydrogen) atoms. The molecule has 1 atom stereocenters. The second kappa shape index (κ2) is 4.92. The summed E-state index contributed by atoms with van der Waals surface area (Å²) in [5.74, 6) is 1.02. The molecule has 0 spiro atoms. The molecule has 2 heteroatoms. The average molecular weight is 273 g/mol. The van der Waals surface area contributed by atoms with Crippen molar-refractivity contribution in [2.75, 3.05) is 7.05 Å². The Morgan fingerprint density at radius 1 is 1.05 bits per heavy atom. The molecule has 1 N–H and O–H groups in total. The number of fused-ring (bicyclic) bond motifs is 1. The van der Waals surface area contributed by atoms with Gasteiger partial charge < -0.3 is 9.73 Å². The Bertz CT molecular complexity index is 596. The standard InChI is InChI=1S/C18H27NO/c1-17(2,3)13-10-8-9-12-11-14(20-15(12)13)16(19-7)18(4,5)6/h8-11,16,19H,1-7H3. The lowest BCUT2D eigenvalue weighted by atomic mass is 9.85. The first-order valence-corrected chi connectivity index (χ1v) is 7.35. The van der Waals surface area contributed by atoms with Gasteiger partial charge in [0.1, 0.15) is 11.3 Å². The molecule has 2 rings (SSSR count). The second-order valence-corrected chi connectivity index (χ2v) is 7.71. The number of nitrogens with one attached hydrogen (secondary N) is 1. The molecule has 1 aromatic heterocycles. The normalized spacial score (nSPS) is 14.8. The van der Waals surface area contributed by atoms with Gasteiger partial charge >= 0.3 is 0 Å². The van der Waals surface area contributed by atoms with E-state index in [0.717, 1.165) is 11.3 Å². The van der Waals surface area contributed by atoms with Gasteiger partial charge in [-0.25, -0.2) is 0 Å². The molecule has 0 aliphatic heterocycles. The first kappa shape index (κ1) is 15.1. The van der Waals surface area contributed by atoms with Gasteiger partial charge in [0, 0.05) is 10.9 Å².